The summed E-state index contributed by atoms with van der Waals surface area (Å²) < 4.78 is 0. The molecule has 0 amide bonds. The van der Waals surface area contributed by atoms with E-state index in [4.69, 9.17) is 5.73 Å². The molecule has 3 N–H and O–H groups in total. The van der Waals surface area contributed by atoms with E-state index < -0.39 is 0 Å². The lowest BCUT2D eigenvalue weighted by Crippen LogP contribution is -2.37. The third-order valence-corrected chi connectivity index (χ3v) is 3.89. The van der Waals surface area contributed by atoms with Crippen molar-refractivity contribution in [3.05, 3.63) is 5.82 Å². The zero-order valence-corrected chi connectivity index (χ0v) is 10.1. The van der Waals surface area contributed by atoms with Crippen molar-refractivity contribution in [2.75, 3.05) is 0 Å². The van der Waals surface area contributed by atoms with E-state index in [1.807, 2.05) is 0 Å². The van der Waals surface area contributed by atoms with Gasteiger partial charge in [-0.2, -0.15) is 5.21 Å². The zero-order chi connectivity index (χ0) is 11.6. The van der Waals surface area contributed by atoms with Gasteiger partial charge in [0, 0.05) is 0 Å². The lowest BCUT2D eigenvalue weighted by Gasteiger charge is -2.24. The molecule has 2 unspecified atom stereocenters. The number of aromatic amines is 1. The summed E-state index contributed by atoms with van der Waals surface area (Å²) in [5.41, 5.74) is 6.04. The van der Waals surface area contributed by atoms with Gasteiger partial charge in [-0.1, -0.05) is 31.9 Å². The van der Waals surface area contributed by atoms with Crippen molar-refractivity contribution in [3.8, 4) is 0 Å². The minimum atomic E-state index is -0.364. The van der Waals surface area contributed by atoms with Gasteiger partial charge >= 0.3 is 0 Å². The molecule has 5 heteroatoms. The van der Waals surface area contributed by atoms with E-state index in [1.54, 1.807) is 0 Å². The van der Waals surface area contributed by atoms with Crippen molar-refractivity contribution in [1.29, 1.82) is 0 Å². The van der Waals surface area contributed by atoms with Gasteiger partial charge in [0.25, 0.3) is 0 Å². The molecule has 0 spiro atoms. The number of nitrogens with two attached hydrogens (primary N) is 1. The number of aromatic nitrogens is 4. The minimum absolute atomic E-state index is 0.364. The van der Waals surface area contributed by atoms with Gasteiger partial charge in [0.1, 0.15) is 0 Å². The topological polar surface area (TPSA) is 80.5 Å². The van der Waals surface area contributed by atoms with Crippen LogP contribution in [0.3, 0.4) is 0 Å². The number of nitrogens with one attached hydrogen (secondary N) is 1. The largest absolute Gasteiger partial charge is 0.319 e. The van der Waals surface area contributed by atoms with Crippen molar-refractivity contribution in [1.82, 2.24) is 20.6 Å². The Morgan fingerprint density at radius 1 is 1.38 bits per heavy atom. The summed E-state index contributed by atoms with van der Waals surface area (Å²) in [6.45, 7) is 4.59. The van der Waals surface area contributed by atoms with E-state index in [1.165, 1.54) is 12.8 Å². The number of nitrogens with zero attached hydrogens (tertiary/aromatic N) is 3. The van der Waals surface area contributed by atoms with E-state index in [2.05, 4.69) is 34.5 Å². The second-order valence-corrected chi connectivity index (χ2v) is 5.33. The molecule has 16 heavy (non-hydrogen) atoms. The molecular formula is C11H21N5. The van der Waals surface area contributed by atoms with E-state index in [-0.39, 0.29) is 5.54 Å². The summed E-state index contributed by atoms with van der Waals surface area (Å²) in [6, 6.07) is 0. The molecule has 5 nitrogen and oxygen atoms in total. The first-order chi connectivity index (χ1) is 7.62. The van der Waals surface area contributed by atoms with E-state index in [0.29, 0.717) is 5.82 Å². The van der Waals surface area contributed by atoms with E-state index >= 15 is 0 Å². The molecule has 90 valence electrons. The van der Waals surface area contributed by atoms with Crippen LogP contribution in [0, 0.1) is 11.8 Å². The van der Waals surface area contributed by atoms with Gasteiger partial charge in [-0.05, 0) is 31.1 Å². The van der Waals surface area contributed by atoms with Crippen LogP contribution in [-0.4, -0.2) is 20.6 Å². The first kappa shape index (κ1) is 11.5. The molecule has 2 rings (SSSR count). The Hall–Kier alpha value is -0.970. The monoisotopic (exact) mass is 223 g/mol. The molecule has 1 aromatic rings. The molecule has 2 atom stereocenters. The highest BCUT2D eigenvalue weighted by molar-refractivity contribution is 5.02. The summed E-state index contributed by atoms with van der Waals surface area (Å²) in [4.78, 5) is 0. The van der Waals surface area contributed by atoms with Crippen molar-refractivity contribution < 1.29 is 0 Å². The zero-order valence-electron chi connectivity index (χ0n) is 10.1. The molecular weight excluding hydrogens is 202 g/mol. The Morgan fingerprint density at radius 2 is 2.19 bits per heavy atom. The van der Waals surface area contributed by atoms with Gasteiger partial charge in [0.15, 0.2) is 5.82 Å². The molecule has 0 aliphatic heterocycles. The van der Waals surface area contributed by atoms with E-state index in [9.17, 15) is 0 Å². The molecule has 0 bridgehead atoms. The maximum Gasteiger partial charge on any atom is 0.194 e. The molecule has 1 aromatic heterocycles. The number of rotatable bonds is 2. The number of hydrogen-bond acceptors (Lipinski definition) is 4. The van der Waals surface area contributed by atoms with Gasteiger partial charge in [-0.25, -0.2) is 0 Å². The molecule has 1 aliphatic rings. The number of H-pyrrole nitrogens is 1. The normalized spacial score (nSPS) is 31.6. The molecule has 1 fully saturated rings. The van der Waals surface area contributed by atoms with Crippen LogP contribution in [-0.2, 0) is 5.54 Å². The van der Waals surface area contributed by atoms with Crippen molar-refractivity contribution >= 4 is 0 Å². The highest BCUT2D eigenvalue weighted by Crippen LogP contribution is 2.36. The van der Waals surface area contributed by atoms with Crippen LogP contribution in [0.2, 0.25) is 0 Å². The highest BCUT2D eigenvalue weighted by Gasteiger charge is 2.35. The van der Waals surface area contributed by atoms with E-state index in [0.717, 1.165) is 31.1 Å². The Labute approximate surface area is 96.2 Å². The Balaban J connectivity index is 2.08. The maximum atomic E-state index is 6.40. The van der Waals surface area contributed by atoms with Gasteiger partial charge in [-0.15, -0.1) is 10.2 Å². The predicted molar refractivity (Wildman–Crippen MR) is 61.5 cm³/mol. The maximum absolute atomic E-state index is 6.40. The molecule has 0 radical (unpaired) electrons. The predicted octanol–water partition coefficient (Wildman–Crippen LogP) is 1.59. The van der Waals surface area contributed by atoms with Crippen LogP contribution in [0.5, 0.6) is 0 Å². The lowest BCUT2D eigenvalue weighted by atomic mass is 9.87. The molecule has 1 heterocycles. The summed E-state index contributed by atoms with van der Waals surface area (Å²) in [5, 5.41) is 14.2. The third-order valence-electron chi connectivity index (χ3n) is 3.89. The number of hydrogen-bond donors (Lipinski definition) is 2. The average molecular weight is 223 g/mol. The summed E-state index contributed by atoms with van der Waals surface area (Å²) >= 11 is 0. The fraction of sp³-hybridized carbons (Fsp3) is 0.909. The fourth-order valence-electron chi connectivity index (χ4n) is 2.65. The van der Waals surface area contributed by atoms with Gasteiger partial charge in [-0.3, -0.25) is 0 Å². The summed E-state index contributed by atoms with van der Waals surface area (Å²) in [7, 11) is 0. The van der Waals surface area contributed by atoms with Crippen LogP contribution < -0.4 is 5.73 Å². The smallest absolute Gasteiger partial charge is 0.194 e. The van der Waals surface area contributed by atoms with Gasteiger partial charge < -0.3 is 5.73 Å². The van der Waals surface area contributed by atoms with Crippen LogP contribution in [0.25, 0.3) is 0 Å². The summed E-state index contributed by atoms with van der Waals surface area (Å²) in [6.07, 6.45) is 5.54. The standard InChI is InChI=1S/C11H21N5/c1-8(2)9-4-3-6-11(12,7-5-9)10-13-15-16-14-10/h8-9H,3-7,12H2,1-2H3,(H,13,14,15,16). The molecule has 0 saturated heterocycles. The van der Waals surface area contributed by atoms with Gasteiger partial charge in [0.05, 0.1) is 5.54 Å². The van der Waals surface area contributed by atoms with Crippen molar-refractivity contribution in [2.45, 2.75) is 51.5 Å². The fourth-order valence-corrected chi connectivity index (χ4v) is 2.65. The van der Waals surface area contributed by atoms with Crippen LogP contribution in [0.15, 0.2) is 0 Å². The Bertz CT molecular complexity index is 321. The molecule has 1 aliphatic carbocycles. The first-order valence-corrected chi connectivity index (χ1v) is 6.14. The van der Waals surface area contributed by atoms with Crippen molar-refractivity contribution in [2.24, 2.45) is 17.6 Å². The average Bonchev–Trinajstić information content (AvgIpc) is 2.70. The Kier molecular flexibility index (Phi) is 3.23. The van der Waals surface area contributed by atoms with Crippen LogP contribution >= 0.6 is 0 Å². The SMILES string of the molecule is CC(C)C1CCCC(N)(c2nn[nH]n2)CC1. The van der Waals surface area contributed by atoms with Crippen LogP contribution in [0.1, 0.15) is 51.8 Å². The Morgan fingerprint density at radius 3 is 2.81 bits per heavy atom. The highest BCUT2D eigenvalue weighted by atomic mass is 15.5. The molecule has 1 saturated carbocycles. The van der Waals surface area contributed by atoms with Gasteiger partial charge in [0.2, 0.25) is 0 Å². The second-order valence-electron chi connectivity index (χ2n) is 5.33. The second kappa shape index (κ2) is 4.49. The lowest BCUT2D eigenvalue weighted by molar-refractivity contribution is 0.319. The number of tetrazole rings is 1. The first-order valence-electron chi connectivity index (χ1n) is 6.14. The quantitative estimate of drug-likeness (QED) is 0.746. The summed E-state index contributed by atoms with van der Waals surface area (Å²) in [5.74, 6) is 2.21. The van der Waals surface area contributed by atoms with Crippen molar-refractivity contribution in [3.63, 3.8) is 0 Å². The third kappa shape index (κ3) is 2.24. The van der Waals surface area contributed by atoms with Crippen LogP contribution in [0.4, 0.5) is 0 Å². The molecule has 0 aromatic carbocycles. The minimum Gasteiger partial charge on any atom is -0.319 e.